The monoisotopic (exact) mass is 377 g/mol. The van der Waals surface area contributed by atoms with Crippen molar-refractivity contribution in [1.29, 1.82) is 0 Å². The van der Waals surface area contributed by atoms with Gasteiger partial charge in [-0.3, -0.25) is 4.79 Å². The molecule has 0 aromatic heterocycles. The Balaban J connectivity index is 2.35. The third-order valence-electron chi connectivity index (χ3n) is 3.92. The molecule has 1 aromatic carbocycles. The zero-order chi connectivity index (χ0) is 18.1. The van der Waals surface area contributed by atoms with Crippen LogP contribution in [0.25, 0.3) is 0 Å². The van der Waals surface area contributed by atoms with Crippen LogP contribution in [0.5, 0.6) is 0 Å². The number of carbonyl (C=O) groups is 1. The summed E-state index contributed by atoms with van der Waals surface area (Å²) in [5.41, 5.74) is 0.357. The molecule has 0 fully saturated rings. The molecule has 1 aliphatic rings. The number of fused-ring (bicyclic) bond motifs is 1. The van der Waals surface area contributed by atoms with Gasteiger partial charge in [-0.05, 0) is 42.9 Å². The molecule has 0 N–H and O–H groups in total. The number of hydrogen-bond donors (Lipinski definition) is 0. The van der Waals surface area contributed by atoms with Crippen molar-refractivity contribution < 1.29 is 22.7 Å². The van der Waals surface area contributed by atoms with Crippen LogP contribution >= 0.6 is 24.0 Å². The van der Waals surface area contributed by atoms with Crippen LogP contribution in [0.3, 0.4) is 0 Å². The lowest BCUT2D eigenvalue weighted by molar-refractivity contribution is -0.137. The van der Waals surface area contributed by atoms with Crippen LogP contribution in [-0.4, -0.2) is 28.7 Å². The Kier molecular flexibility index (Phi) is 5.80. The van der Waals surface area contributed by atoms with Crippen molar-refractivity contribution in [1.82, 2.24) is 0 Å². The number of anilines is 1. The van der Waals surface area contributed by atoms with E-state index in [-0.39, 0.29) is 17.1 Å². The number of nitrogens with zero attached hydrogens (tertiary/aromatic N) is 1. The standard InChI is InChI=1S/C16H18F3NO2S2/c1-4-22-15(23)24-9(2)13-8-20(10(3)21)14-6-5-11(7-12(13)14)16(17,18)19/h5-7,9,13H,4,8H2,1-3H3. The lowest BCUT2D eigenvalue weighted by atomic mass is 9.96. The van der Waals surface area contributed by atoms with Gasteiger partial charge in [-0.15, -0.1) is 0 Å². The number of hydrogen-bond acceptors (Lipinski definition) is 4. The molecule has 0 saturated heterocycles. The highest BCUT2D eigenvalue weighted by molar-refractivity contribution is 8.23. The topological polar surface area (TPSA) is 29.5 Å². The van der Waals surface area contributed by atoms with Gasteiger partial charge in [-0.25, -0.2) is 0 Å². The number of thiocarbonyl (C=S) groups is 1. The largest absolute Gasteiger partial charge is 0.479 e. The van der Waals surface area contributed by atoms with E-state index in [1.807, 2.05) is 13.8 Å². The van der Waals surface area contributed by atoms with Crippen LogP contribution in [0.2, 0.25) is 0 Å². The van der Waals surface area contributed by atoms with Crippen LogP contribution in [0.15, 0.2) is 18.2 Å². The zero-order valence-corrected chi connectivity index (χ0v) is 15.1. The third kappa shape index (κ3) is 4.03. The van der Waals surface area contributed by atoms with Crippen LogP contribution in [0.1, 0.15) is 37.8 Å². The van der Waals surface area contributed by atoms with E-state index >= 15 is 0 Å². The molecule has 2 unspecified atom stereocenters. The van der Waals surface area contributed by atoms with Gasteiger partial charge in [0.2, 0.25) is 10.3 Å². The highest BCUT2D eigenvalue weighted by Gasteiger charge is 2.38. The van der Waals surface area contributed by atoms with Gasteiger partial charge in [0.1, 0.15) is 0 Å². The Bertz CT molecular complexity index is 649. The van der Waals surface area contributed by atoms with Gasteiger partial charge in [0.15, 0.2) is 0 Å². The number of carbonyl (C=O) groups excluding carboxylic acids is 1. The quantitative estimate of drug-likeness (QED) is 0.720. The Labute approximate surface area is 148 Å². The summed E-state index contributed by atoms with van der Waals surface area (Å²) in [5, 5.41) is -0.115. The first-order chi connectivity index (χ1) is 11.1. The predicted octanol–water partition coefficient (Wildman–Crippen LogP) is 4.60. The molecule has 1 heterocycles. The maximum absolute atomic E-state index is 13.0. The molecule has 8 heteroatoms. The van der Waals surface area contributed by atoms with E-state index < -0.39 is 11.7 Å². The summed E-state index contributed by atoms with van der Waals surface area (Å²) >= 11 is 6.41. The zero-order valence-electron chi connectivity index (χ0n) is 13.5. The summed E-state index contributed by atoms with van der Waals surface area (Å²) in [6, 6.07) is 3.53. The molecule has 132 valence electrons. The average molecular weight is 377 g/mol. The van der Waals surface area contributed by atoms with E-state index in [9.17, 15) is 18.0 Å². The fraction of sp³-hybridized carbons (Fsp3) is 0.500. The van der Waals surface area contributed by atoms with E-state index in [2.05, 4.69) is 0 Å². The lowest BCUT2D eigenvalue weighted by Gasteiger charge is -2.20. The fourth-order valence-electron chi connectivity index (χ4n) is 2.75. The molecular formula is C16H18F3NO2S2. The van der Waals surface area contributed by atoms with Crippen molar-refractivity contribution in [3.63, 3.8) is 0 Å². The second-order valence-electron chi connectivity index (χ2n) is 5.51. The van der Waals surface area contributed by atoms with E-state index in [4.69, 9.17) is 17.0 Å². The first kappa shape index (κ1) is 19.1. The molecule has 1 aromatic rings. The summed E-state index contributed by atoms with van der Waals surface area (Å²) in [7, 11) is 0. The van der Waals surface area contributed by atoms with Gasteiger partial charge < -0.3 is 9.64 Å². The van der Waals surface area contributed by atoms with Crippen LogP contribution in [0.4, 0.5) is 18.9 Å². The van der Waals surface area contributed by atoms with Crippen LogP contribution in [-0.2, 0) is 15.7 Å². The van der Waals surface area contributed by atoms with E-state index in [0.717, 1.165) is 12.1 Å². The fourth-order valence-corrected chi connectivity index (χ4v) is 4.21. The minimum Gasteiger partial charge on any atom is -0.479 e. The molecule has 2 rings (SSSR count). The van der Waals surface area contributed by atoms with Crippen molar-refractivity contribution in [2.24, 2.45) is 0 Å². The Hall–Kier alpha value is -1.28. The lowest BCUT2D eigenvalue weighted by Crippen LogP contribution is -2.29. The van der Waals surface area contributed by atoms with Gasteiger partial charge in [-0.2, -0.15) is 13.2 Å². The average Bonchev–Trinajstić information content (AvgIpc) is 2.85. The summed E-state index contributed by atoms with van der Waals surface area (Å²) < 4.78 is 44.7. The van der Waals surface area contributed by atoms with Crippen molar-refractivity contribution in [2.45, 2.75) is 38.1 Å². The van der Waals surface area contributed by atoms with E-state index in [0.29, 0.717) is 28.8 Å². The molecule has 0 saturated carbocycles. The molecule has 0 aliphatic carbocycles. The highest BCUT2D eigenvalue weighted by Crippen LogP contribution is 2.44. The number of benzene rings is 1. The molecule has 2 atom stereocenters. The SMILES string of the molecule is CCOC(=S)SC(C)C1CN(C(C)=O)c2ccc(C(F)(F)F)cc21. The van der Waals surface area contributed by atoms with Gasteiger partial charge in [-0.1, -0.05) is 18.7 Å². The third-order valence-corrected chi connectivity index (χ3v) is 5.33. The molecule has 1 aliphatic heterocycles. The van der Waals surface area contributed by atoms with Crippen molar-refractivity contribution in [3.8, 4) is 0 Å². The van der Waals surface area contributed by atoms with Crippen molar-refractivity contribution >= 4 is 40.0 Å². The van der Waals surface area contributed by atoms with Gasteiger partial charge in [0.05, 0.1) is 12.2 Å². The molecule has 24 heavy (non-hydrogen) atoms. The van der Waals surface area contributed by atoms with Crippen LogP contribution in [0, 0.1) is 0 Å². The second kappa shape index (κ2) is 7.31. The minimum absolute atomic E-state index is 0.115. The number of amides is 1. The Morgan fingerprint density at radius 3 is 2.71 bits per heavy atom. The van der Waals surface area contributed by atoms with Crippen molar-refractivity contribution in [3.05, 3.63) is 29.3 Å². The first-order valence-corrected chi connectivity index (χ1v) is 8.76. The molecular weight excluding hydrogens is 359 g/mol. The van der Waals surface area contributed by atoms with Crippen LogP contribution < -0.4 is 4.90 Å². The molecule has 0 bridgehead atoms. The summed E-state index contributed by atoms with van der Waals surface area (Å²) in [6.07, 6.45) is -4.42. The summed E-state index contributed by atoms with van der Waals surface area (Å²) in [5.74, 6) is -0.433. The molecule has 0 spiro atoms. The highest BCUT2D eigenvalue weighted by atomic mass is 32.2. The molecule has 0 radical (unpaired) electrons. The maximum atomic E-state index is 13.0. The molecule has 1 amide bonds. The Morgan fingerprint density at radius 2 is 2.17 bits per heavy atom. The minimum atomic E-state index is -4.42. The number of thioether (sulfide) groups is 1. The van der Waals surface area contributed by atoms with Gasteiger partial charge >= 0.3 is 6.18 Å². The Morgan fingerprint density at radius 1 is 1.50 bits per heavy atom. The second-order valence-corrected chi connectivity index (χ2v) is 7.49. The van der Waals surface area contributed by atoms with E-state index in [1.54, 1.807) is 0 Å². The number of halogens is 3. The van der Waals surface area contributed by atoms with Gasteiger partial charge in [0, 0.05) is 30.3 Å². The normalized spacial score (nSPS) is 18.2. The van der Waals surface area contributed by atoms with Gasteiger partial charge in [0.25, 0.3) is 0 Å². The number of alkyl halides is 3. The summed E-state index contributed by atoms with van der Waals surface area (Å²) in [4.78, 5) is 13.3. The first-order valence-electron chi connectivity index (χ1n) is 7.47. The molecule has 3 nitrogen and oxygen atoms in total. The summed E-state index contributed by atoms with van der Waals surface area (Å²) in [6.45, 7) is 5.89. The number of rotatable bonds is 3. The predicted molar refractivity (Wildman–Crippen MR) is 93.5 cm³/mol. The smallest absolute Gasteiger partial charge is 0.416 e. The maximum Gasteiger partial charge on any atom is 0.416 e. The number of ether oxygens (including phenoxy) is 1. The van der Waals surface area contributed by atoms with E-state index in [1.165, 1.54) is 29.7 Å². The van der Waals surface area contributed by atoms with Crippen molar-refractivity contribution in [2.75, 3.05) is 18.1 Å².